The number of amides is 1. The van der Waals surface area contributed by atoms with E-state index in [0.29, 0.717) is 43.3 Å². The number of unbranched alkanes of at least 4 members (excludes halogenated alkanes) is 2. The minimum atomic E-state index is -2.71. The molecular weight excluding hydrogens is 647 g/mol. The fourth-order valence-electron chi connectivity index (χ4n) is 6.61. The van der Waals surface area contributed by atoms with Crippen molar-refractivity contribution in [1.29, 1.82) is 0 Å². The van der Waals surface area contributed by atoms with Crippen LogP contribution in [0.5, 0.6) is 5.75 Å². The monoisotopic (exact) mass is 691 g/mol. The average molecular weight is 692 g/mol. The SMILES string of the molecule is CC1=CC(C)=N/C1=C\c1ccc(CCC(=O)NCCCCCOc2cccc(NCC(O)Cn3c4ccccc4c4ccccc43)c2)n1B(F)F. The van der Waals surface area contributed by atoms with Crippen molar-refractivity contribution in [3.05, 3.63) is 114 Å². The van der Waals surface area contributed by atoms with Gasteiger partial charge in [-0.1, -0.05) is 42.5 Å². The summed E-state index contributed by atoms with van der Waals surface area (Å²) in [7, 11) is -2.71. The number of anilines is 1. The van der Waals surface area contributed by atoms with Crippen LogP contribution < -0.4 is 15.4 Å². The fourth-order valence-corrected chi connectivity index (χ4v) is 6.61. The van der Waals surface area contributed by atoms with Crippen LogP contribution in [0, 0.1) is 0 Å². The second-order valence-corrected chi connectivity index (χ2v) is 13.0. The van der Waals surface area contributed by atoms with Crippen LogP contribution in [0.4, 0.5) is 14.3 Å². The Labute approximate surface area is 297 Å². The molecule has 51 heavy (non-hydrogen) atoms. The van der Waals surface area contributed by atoms with E-state index < -0.39 is 13.5 Å². The number of para-hydroxylation sites is 2. The summed E-state index contributed by atoms with van der Waals surface area (Å²) in [6, 6.07) is 27.6. The zero-order valence-corrected chi connectivity index (χ0v) is 29.1. The van der Waals surface area contributed by atoms with Crippen molar-refractivity contribution in [1.82, 2.24) is 14.4 Å². The predicted molar refractivity (Wildman–Crippen MR) is 204 cm³/mol. The number of allylic oxidation sites excluding steroid dienone is 2. The first-order valence-corrected chi connectivity index (χ1v) is 17.6. The van der Waals surface area contributed by atoms with Crippen LogP contribution in [0.1, 0.15) is 50.9 Å². The van der Waals surface area contributed by atoms with Gasteiger partial charge in [-0.25, -0.2) is 0 Å². The molecule has 0 saturated heterocycles. The maximum absolute atomic E-state index is 13.9. The number of carbonyl (C=O) groups excluding carboxylic acids is 1. The van der Waals surface area contributed by atoms with Gasteiger partial charge in [-0.2, -0.15) is 0 Å². The first-order valence-electron chi connectivity index (χ1n) is 17.6. The number of halogens is 2. The third-order valence-electron chi connectivity index (χ3n) is 9.11. The summed E-state index contributed by atoms with van der Waals surface area (Å²) in [5.74, 6) is 0.586. The summed E-state index contributed by atoms with van der Waals surface area (Å²) in [5, 5.41) is 19.5. The molecule has 11 heteroatoms. The number of rotatable bonds is 17. The Morgan fingerprint density at radius 1 is 0.961 bits per heavy atom. The third-order valence-corrected chi connectivity index (χ3v) is 9.11. The van der Waals surface area contributed by atoms with Crippen LogP contribution in [-0.2, 0) is 17.8 Å². The molecule has 0 fully saturated rings. The van der Waals surface area contributed by atoms with Gasteiger partial charge in [-0.05, 0) is 93.7 Å². The lowest BCUT2D eigenvalue weighted by Crippen LogP contribution is -2.25. The molecule has 6 rings (SSSR count). The average Bonchev–Trinajstić information content (AvgIpc) is 3.78. The number of aromatic nitrogens is 2. The first kappa shape index (κ1) is 35.7. The highest BCUT2D eigenvalue weighted by Gasteiger charge is 2.24. The largest absolute Gasteiger partial charge is 0.677 e. The molecule has 8 nitrogen and oxygen atoms in total. The summed E-state index contributed by atoms with van der Waals surface area (Å²) < 4.78 is 37.0. The predicted octanol–water partition coefficient (Wildman–Crippen LogP) is 7.90. The molecule has 0 radical (unpaired) electrons. The van der Waals surface area contributed by atoms with E-state index in [2.05, 4.69) is 44.5 Å². The van der Waals surface area contributed by atoms with Crippen LogP contribution >= 0.6 is 0 Å². The van der Waals surface area contributed by atoms with Gasteiger partial charge in [0.2, 0.25) is 5.91 Å². The molecule has 1 aliphatic rings. The molecule has 3 aromatic carbocycles. The van der Waals surface area contributed by atoms with E-state index in [1.807, 2.05) is 68.5 Å². The molecule has 1 aliphatic heterocycles. The van der Waals surface area contributed by atoms with E-state index in [1.54, 1.807) is 18.2 Å². The summed E-state index contributed by atoms with van der Waals surface area (Å²) in [6.45, 7) is 5.69. The lowest BCUT2D eigenvalue weighted by molar-refractivity contribution is -0.121. The number of hydrogen-bond acceptors (Lipinski definition) is 5. The highest BCUT2D eigenvalue weighted by Crippen LogP contribution is 2.29. The smallest absolute Gasteiger partial charge is 0.494 e. The van der Waals surface area contributed by atoms with Crippen LogP contribution in [0.3, 0.4) is 0 Å². The summed E-state index contributed by atoms with van der Waals surface area (Å²) in [4.78, 5) is 16.9. The molecule has 0 aliphatic carbocycles. The van der Waals surface area contributed by atoms with E-state index in [9.17, 15) is 18.5 Å². The van der Waals surface area contributed by atoms with Gasteiger partial charge < -0.3 is 29.5 Å². The minimum Gasteiger partial charge on any atom is -0.494 e. The normalized spacial score (nSPS) is 14.2. The van der Waals surface area contributed by atoms with Crippen LogP contribution in [0.25, 0.3) is 27.9 Å². The summed E-state index contributed by atoms with van der Waals surface area (Å²) in [6.07, 6.45) is 5.82. The van der Waals surface area contributed by atoms with E-state index in [-0.39, 0.29) is 18.7 Å². The molecule has 1 amide bonds. The van der Waals surface area contributed by atoms with Crippen LogP contribution in [0.2, 0.25) is 0 Å². The Kier molecular flexibility index (Phi) is 11.7. The van der Waals surface area contributed by atoms with E-state index >= 15 is 0 Å². The second-order valence-electron chi connectivity index (χ2n) is 13.0. The number of aryl methyl sites for hydroxylation is 1. The Morgan fingerprint density at radius 2 is 1.71 bits per heavy atom. The summed E-state index contributed by atoms with van der Waals surface area (Å²) in [5.41, 5.74) is 6.32. The number of aliphatic imine (C=N–C) groups is 1. The fraction of sp³-hybridized carbons (Fsp3) is 0.300. The Morgan fingerprint density at radius 3 is 2.41 bits per heavy atom. The number of aliphatic hydroxyl groups is 1. The van der Waals surface area contributed by atoms with Crippen LogP contribution in [0.15, 0.2) is 107 Å². The van der Waals surface area contributed by atoms with Gasteiger partial charge in [0.15, 0.2) is 0 Å². The van der Waals surface area contributed by atoms with Crippen molar-refractivity contribution in [2.45, 2.75) is 58.6 Å². The van der Waals surface area contributed by atoms with Crippen molar-refractivity contribution in [3.8, 4) is 5.75 Å². The van der Waals surface area contributed by atoms with E-state index in [0.717, 1.165) is 57.5 Å². The third kappa shape index (κ3) is 8.96. The minimum absolute atomic E-state index is 0.133. The van der Waals surface area contributed by atoms with E-state index in [1.165, 1.54) is 10.8 Å². The number of nitrogens with zero attached hydrogens (tertiary/aromatic N) is 3. The Hall–Kier alpha value is -5.16. The van der Waals surface area contributed by atoms with Crippen molar-refractivity contribution >= 4 is 52.6 Å². The molecule has 1 unspecified atom stereocenters. The maximum Gasteiger partial charge on any atom is 0.677 e. The first-order chi connectivity index (χ1) is 24.8. The molecule has 0 bridgehead atoms. The molecular formula is C40H44BF2N5O3. The second kappa shape index (κ2) is 16.7. The number of fused-ring (bicyclic) bond motifs is 3. The number of benzene rings is 3. The van der Waals surface area contributed by atoms with Gasteiger partial charge >= 0.3 is 7.40 Å². The lowest BCUT2D eigenvalue weighted by atomic mass is 10.1. The van der Waals surface area contributed by atoms with Gasteiger partial charge in [0.1, 0.15) is 5.75 Å². The van der Waals surface area contributed by atoms with Crippen molar-refractivity contribution in [2.24, 2.45) is 4.99 Å². The molecule has 2 aromatic heterocycles. The van der Waals surface area contributed by atoms with Crippen molar-refractivity contribution < 1.29 is 23.3 Å². The highest BCUT2D eigenvalue weighted by molar-refractivity contribution is 6.41. The topological polar surface area (TPSA) is 92.8 Å². The molecule has 0 saturated carbocycles. The molecule has 0 spiro atoms. The van der Waals surface area contributed by atoms with Gasteiger partial charge in [0.05, 0.1) is 25.0 Å². The van der Waals surface area contributed by atoms with E-state index in [4.69, 9.17) is 4.74 Å². The lowest BCUT2D eigenvalue weighted by Gasteiger charge is -2.16. The van der Waals surface area contributed by atoms with Gasteiger partial charge in [0, 0.05) is 70.2 Å². The number of hydrogen-bond donors (Lipinski definition) is 3. The quantitative estimate of drug-likeness (QED) is 0.0683. The zero-order chi connectivity index (χ0) is 35.7. The molecule has 3 heterocycles. The molecule has 3 N–H and O–H groups in total. The highest BCUT2D eigenvalue weighted by atomic mass is 19.2. The van der Waals surface area contributed by atoms with Gasteiger partial charge in [0.25, 0.3) is 0 Å². The number of carbonyl (C=O) groups is 1. The molecule has 5 aromatic rings. The zero-order valence-electron chi connectivity index (χ0n) is 29.1. The number of nitrogens with one attached hydrogen (secondary N) is 2. The number of aliphatic hydroxyl groups excluding tert-OH is 1. The van der Waals surface area contributed by atoms with Gasteiger partial charge in [-0.3, -0.25) is 18.4 Å². The Bertz CT molecular complexity index is 2030. The Balaban J connectivity index is 0.880. The van der Waals surface area contributed by atoms with Crippen molar-refractivity contribution in [3.63, 3.8) is 0 Å². The van der Waals surface area contributed by atoms with Crippen LogP contribution in [-0.4, -0.2) is 59.0 Å². The standard InChI is InChI=1S/C40H44BF2N5O3/c1-28-23-29(2)46-37(28)25-32-18-17-31(48(32)41(42)43)19-20-40(50)44-21-8-3-9-22-51-34-12-10-11-30(24-34)45-26-33(49)27-47-38-15-6-4-13-35(38)36-14-5-7-16-39(36)47/h4-7,10-18,23-25,33,45,49H,3,8-9,19-22,26-27H2,1-2H3,(H,44,50)/b37-25-. The van der Waals surface area contributed by atoms with Crippen molar-refractivity contribution in [2.75, 3.05) is 25.0 Å². The molecule has 1 atom stereocenters. The maximum atomic E-state index is 13.9. The van der Waals surface area contributed by atoms with Gasteiger partial charge in [-0.15, -0.1) is 0 Å². The molecule has 264 valence electrons. The number of ether oxygens (including phenoxy) is 1. The summed E-state index contributed by atoms with van der Waals surface area (Å²) >= 11 is 0.